The molecule has 0 bridgehead atoms. The van der Waals surface area contributed by atoms with Gasteiger partial charge in [-0.05, 0) is 66.7 Å². The van der Waals surface area contributed by atoms with E-state index in [0.29, 0.717) is 11.1 Å². The van der Waals surface area contributed by atoms with Crippen LogP contribution in [0.4, 0.5) is 0 Å². The lowest BCUT2D eigenvalue weighted by Crippen LogP contribution is -2.02. The minimum absolute atomic E-state index is 0.570. The van der Waals surface area contributed by atoms with Crippen LogP contribution >= 0.6 is 0 Å². The van der Waals surface area contributed by atoms with Gasteiger partial charge in [-0.1, -0.05) is 109 Å². The monoisotopic (exact) mass is 699 g/mol. The number of benzene rings is 8. The third kappa shape index (κ3) is 4.33. The summed E-state index contributed by atoms with van der Waals surface area (Å²) < 4.78 is 6.96. The molecule has 0 saturated heterocycles. The number of nitrogens with zero attached hydrogens (tertiary/aromatic N) is 5. The van der Waals surface area contributed by atoms with Crippen LogP contribution in [0.1, 0.15) is 11.1 Å². The van der Waals surface area contributed by atoms with Crippen molar-refractivity contribution in [3.05, 3.63) is 187 Å². The number of hydrogen-bond donors (Lipinski definition) is 0. The zero-order chi connectivity index (χ0) is 36.6. The van der Waals surface area contributed by atoms with Crippen LogP contribution in [0, 0.1) is 22.7 Å². The van der Waals surface area contributed by atoms with Gasteiger partial charge in [-0.2, -0.15) is 10.5 Å². The maximum Gasteiger partial charge on any atom is 0.101 e. The molecule has 0 unspecified atom stereocenters. The topological polar surface area (TPSA) is 62.4 Å². The first-order valence-corrected chi connectivity index (χ1v) is 18.3. The molecule has 0 amide bonds. The van der Waals surface area contributed by atoms with Gasteiger partial charge in [-0.3, -0.25) is 0 Å². The zero-order valence-corrected chi connectivity index (χ0v) is 29.5. The molecule has 0 saturated carbocycles. The number of aromatic nitrogens is 3. The van der Waals surface area contributed by atoms with Crippen LogP contribution in [0.3, 0.4) is 0 Å². The van der Waals surface area contributed by atoms with Gasteiger partial charge in [0.05, 0.1) is 67.4 Å². The summed E-state index contributed by atoms with van der Waals surface area (Å²) in [5, 5.41) is 27.5. The van der Waals surface area contributed by atoms with Crippen molar-refractivity contribution in [3.63, 3.8) is 0 Å². The van der Waals surface area contributed by atoms with E-state index in [1.165, 1.54) is 10.8 Å². The van der Waals surface area contributed by atoms with Crippen LogP contribution in [0.25, 0.3) is 93.6 Å². The third-order valence-electron chi connectivity index (χ3n) is 11.1. The summed E-state index contributed by atoms with van der Waals surface area (Å²) in [7, 11) is 0. The predicted octanol–water partition coefficient (Wildman–Crippen LogP) is 12.4. The van der Waals surface area contributed by atoms with Crippen molar-refractivity contribution in [3.8, 4) is 40.3 Å². The van der Waals surface area contributed by atoms with E-state index in [4.69, 9.17) is 0 Å². The predicted molar refractivity (Wildman–Crippen MR) is 224 cm³/mol. The maximum absolute atomic E-state index is 10.4. The van der Waals surface area contributed by atoms with Crippen LogP contribution < -0.4 is 0 Å². The molecule has 0 radical (unpaired) electrons. The minimum Gasteiger partial charge on any atom is -0.309 e. The first kappa shape index (κ1) is 30.7. The molecule has 254 valence electrons. The lowest BCUT2D eigenvalue weighted by Gasteiger charge is -2.19. The highest BCUT2D eigenvalue weighted by Gasteiger charge is 2.23. The molecule has 0 aliphatic heterocycles. The second kappa shape index (κ2) is 11.8. The number of hydrogen-bond acceptors (Lipinski definition) is 2. The number of fused-ring (bicyclic) bond motifs is 9. The molecule has 0 atom stereocenters. The molecule has 11 rings (SSSR count). The van der Waals surface area contributed by atoms with Crippen molar-refractivity contribution in [1.82, 2.24) is 13.7 Å². The molecule has 11 aromatic rings. The van der Waals surface area contributed by atoms with Crippen LogP contribution in [0.2, 0.25) is 0 Å². The highest BCUT2D eigenvalue weighted by Crippen LogP contribution is 2.43. The van der Waals surface area contributed by atoms with E-state index in [2.05, 4.69) is 153 Å². The average Bonchev–Trinajstić information content (AvgIpc) is 3.89. The van der Waals surface area contributed by atoms with Crippen LogP contribution in [0.5, 0.6) is 0 Å². The normalized spacial score (nSPS) is 11.6. The molecular formula is C50H29N5. The van der Waals surface area contributed by atoms with Gasteiger partial charge in [-0.25, -0.2) is 0 Å². The molecule has 0 aliphatic carbocycles. The summed E-state index contributed by atoms with van der Waals surface area (Å²) >= 11 is 0. The first-order chi connectivity index (χ1) is 27.2. The SMILES string of the molecule is N#Cc1ccc(-n2c3ccccc3c3c(-n4c5ccccc5c5ccccc54)cccc32)c(-c2ccccc2-n2c3ccccc3c3cccc(C#N)c32)c1. The largest absolute Gasteiger partial charge is 0.309 e. The van der Waals surface area contributed by atoms with Crippen molar-refractivity contribution >= 4 is 65.4 Å². The summed E-state index contributed by atoms with van der Waals surface area (Å²) in [6.45, 7) is 0. The average molecular weight is 700 g/mol. The lowest BCUT2D eigenvalue weighted by molar-refractivity contribution is 1.15. The summed E-state index contributed by atoms with van der Waals surface area (Å²) in [6, 6.07) is 65.9. The van der Waals surface area contributed by atoms with E-state index < -0.39 is 0 Å². The fourth-order valence-corrected chi connectivity index (χ4v) is 8.90. The molecule has 0 N–H and O–H groups in total. The smallest absolute Gasteiger partial charge is 0.101 e. The van der Waals surface area contributed by atoms with Gasteiger partial charge in [0.25, 0.3) is 0 Å². The molecule has 5 heteroatoms. The van der Waals surface area contributed by atoms with Gasteiger partial charge >= 0.3 is 0 Å². The Kier molecular flexibility index (Phi) is 6.61. The van der Waals surface area contributed by atoms with E-state index in [9.17, 15) is 10.5 Å². The summed E-state index contributed by atoms with van der Waals surface area (Å²) in [4.78, 5) is 0. The van der Waals surface area contributed by atoms with Gasteiger partial charge < -0.3 is 13.7 Å². The Morgan fingerprint density at radius 3 is 1.53 bits per heavy atom. The molecule has 5 nitrogen and oxygen atoms in total. The molecule has 3 heterocycles. The van der Waals surface area contributed by atoms with Crippen molar-refractivity contribution in [2.45, 2.75) is 0 Å². The zero-order valence-electron chi connectivity index (χ0n) is 29.5. The molecule has 3 aromatic heterocycles. The van der Waals surface area contributed by atoms with Crippen molar-refractivity contribution in [2.24, 2.45) is 0 Å². The number of para-hydroxylation sites is 6. The van der Waals surface area contributed by atoms with E-state index >= 15 is 0 Å². The highest BCUT2D eigenvalue weighted by molar-refractivity contribution is 6.17. The maximum atomic E-state index is 10.4. The molecule has 55 heavy (non-hydrogen) atoms. The summed E-state index contributed by atoms with van der Waals surface area (Å²) in [6.07, 6.45) is 0. The number of nitriles is 2. The second-order valence-corrected chi connectivity index (χ2v) is 13.9. The fourth-order valence-electron chi connectivity index (χ4n) is 8.90. The van der Waals surface area contributed by atoms with Gasteiger partial charge in [0.2, 0.25) is 0 Å². The van der Waals surface area contributed by atoms with Gasteiger partial charge in [-0.15, -0.1) is 0 Å². The Morgan fingerprint density at radius 1 is 0.345 bits per heavy atom. The third-order valence-corrected chi connectivity index (χ3v) is 11.1. The van der Waals surface area contributed by atoms with Crippen LogP contribution in [-0.4, -0.2) is 13.7 Å². The summed E-state index contributed by atoms with van der Waals surface area (Å²) in [5.41, 5.74) is 12.4. The summed E-state index contributed by atoms with van der Waals surface area (Å²) in [5.74, 6) is 0. The Bertz CT molecular complexity index is 3420. The van der Waals surface area contributed by atoms with Gasteiger partial charge in [0.1, 0.15) is 6.07 Å². The molecule has 0 aliphatic rings. The first-order valence-electron chi connectivity index (χ1n) is 18.3. The Hall–Kier alpha value is -7.86. The molecule has 0 fully saturated rings. The van der Waals surface area contributed by atoms with Gasteiger partial charge in [0, 0.05) is 43.4 Å². The molecule has 8 aromatic carbocycles. The molecular weight excluding hydrogens is 671 g/mol. The lowest BCUT2D eigenvalue weighted by atomic mass is 9.98. The highest BCUT2D eigenvalue weighted by atomic mass is 15.0. The van der Waals surface area contributed by atoms with E-state index in [-0.39, 0.29) is 0 Å². The van der Waals surface area contributed by atoms with Gasteiger partial charge in [0.15, 0.2) is 0 Å². The standard InChI is InChI=1S/C50H29N5/c51-30-32-27-28-46(40(29-32)37-17-4-9-23-44(37)55-43-22-8-3-16-36(43)38-19-11-13-33(31-52)50(38)55)54-45-24-10-5-18-39(45)49-47(25-12-26-48(49)54)53-41-20-6-1-14-34(41)35-15-2-7-21-42(35)53/h1-29H. The van der Waals surface area contributed by atoms with Crippen LogP contribution in [-0.2, 0) is 0 Å². The van der Waals surface area contributed by atoms with Crippen molar-refractivity contribution < 1.29 is 0 Å². The van der Waals surface area contributed by atoms with E-state index in [1.807, 2.05) is 48.5 Å². The molecule has 0 spiro atoms. The van der Waals surface area contributed by atoms with Crippen molar-refractivity contribution in [1.29, 1.82) is 10.5 Å². The van der Waals surface area contributed by atoms with E-state index in [1.54, 1.807) is 0 Å². The van der Waals surface area contributed by atoms with E-state index in [0.717, 1.165) is 82.8 Å². The Morgan fingerprint density at radius 2 is 0.836 bits per heavy atom. The fraction of sp³-hybridized carbons (Fsp3) is 0. The Labute approximate surface area is 316 Å². The second-order valence-electron chi connectivity index (χ2n) is 13.9. The van der Waals surface area contributed by atoms with Crippen LogP contribution in [0.15, 0.2) is 176 Å². The quantitative estimate of drug-likeness (QED) is 0.184. The van der Waals surface area contributed by atoms with Crippen molar-refractivity contribution in [2.75, 3.05) is 0 Å². The Balaban J connectivity index is 1.24. The minimum atomic E-state index is 0.570. The number of rotatable bonds is 4.